The zero-order valence-electron chi connectivity index (χ0n) is 9.19. The monoisotopic (exact) mass is 234 g/mol. The normalized spacial score (nSPS) is 11.4. The van der Waals surface area contributed by atoms with Gasteiger partial charge in [0.15, 0.2) is 0 Å². The van der Waals surface area contributed by atoms with Gasteiger partial charge in [-0.25, -0.2) is 8.42 Å². The van der Waals surface area contributed by atoms with E-state index < -0.39 is 10.0 Å². The predicted molar refractivity (Wildman–Crippen MR) is 59.9 cm³/mol. The number of hydrogen-bond donors (Lipinski definition) is 1. The average Bonchev–Trinajstić information content (AvgIpc) is 2.12. The first-order chi connectivity index (χ1) is 6.91. The lowest BCUT2D eigenvalue weighted by Gasteiger charge is -2.17. The standard InChI is InChI=1S/C9H18N2O3S/c1-4-6-10-9(12)8-11(7-5-2)15(3,13)14/h5H,2,4,6-8H2,1,3H3,(H,10,12). The molecule has 0 aromatic rings. The molecule has 0 saturated heterocycles. The molecular formula is C9H18N2O3S. The summed E-state index contributed by atoms with van der Waals surface area (Å²) in [4.78, 5) is 11.3. The SMILES string of the molecule is C=CCN(CC(=O)NCCC)S(C)(=O)=O. The number of nitrogens with zero attached hydrogens (tertiary/aromatic N) is 1. The van der Waals surface area contributed by atoms with Gasteiger partial charge in [0.05, 0.1) is 12.8 Å². The first kappa shape index (κ1) is 14.1. The maximum absolute atomic E-state index is 11.3. The third kappa shape index (κ3) is 6.24. The number of hydrogen-bond acceptors (Lipinski definition) is 3. The average molecular weight is 234 g/mol. The molecule has 0 aliphatic heterocycles. The minimum atomic E-state index is -3.35. The summed E-state index contributed by atoms with van der Waals surface area (Å²) in [7, 11) is -3.35. The van der Waals surface area contributed by atoms with Crippen molar-refractivity contribution in [1.82, 2.24) is 9.62 Å². The first-order valence-electron chi connectivity index (χ1n) is 4.74. The summed E-state index contributed by atoms with van der Waals surface area (Å²) in [5.41, 5.74) is 0. The first-order valence-corrected chi connectivity index (χ1v) is 6.59. The molecule has 15 heavy (non-hydrogen) atoms. The van der Waals surface area contributed by atoms with Gasteiger partial charge in [-0.1, -0.05) is 13.0 Å². The molecule has 0 atom stereocenters. The van der Waals surface area contributed by atoms with Crippen molar-refractivity contribution in [2.24, 2.45) is 0 Å². The van der Waals surface area contributed by atoms with Gasteiger partial charge in [-0.15, -0.1) is 6.58 Å². The van der Waals surface area contributed by atoms with Crippen molar-refractivity contribution in [3.8, 4) is 0 Å². The molecule has 0 fully saturated rings. The number of sulfonamides is 1. The Kier molecular flexibility index (Phi) is 6.19. The van der Waals surface area contributed by atoms with Crippen LogP contribution in [0, 0.1) is 0 Å². The smallest absolute Gasteiger partial charge is 0.235 e. The molecule has 0 spiro atoms. The summed E-state index contributed by atoms with van der Waals surface area (Å²) in [6.07, 6.45) is 3.35. The van der Waals surface area contributed by atoms with E-state index in [1.807, 2.05) is 6.92 Å². The second kappa shape index (κ2) is 6.58. The van der Waals surface area contributed by atoms with E-state index in [1.165, 1.54) is 6.08 Å². The van der Waals surface area contributed by atoms with E-state index in [9.17, 15) is 13.2 Å². The lowest BCUT2D eigenvalue weighted by molar-refractivity contribution is -0.121. The van der Waals surface area contributed by atoms with Crippen molar-refractivity contribution >= 4 is 15.9 Å². The van der Waals surface area contributed by atoms with Gasteiger partial charge in [-0.2, -0.15) is 4.31 Å². The van der Waals surface area contributed by atoms with Crippen LogP contribution in [0.4, 0.5) is 0 Å². The second-order valence-corrected chi connectivity index (χ2v) is 5.18. The maximum Gasteiger partial charge on any atom is 0.235 e. The highest BCUT2D eigenvalue weighted by atomic mass is 32.2. The topological polar surface area (TPSA) is 66.5 Å². The molecule has 5 nitrogen and oxygen atoms in total. The van der Waals surface area contributed by atoms with Gasteiger partial charge in [0.25, 0.3) is 0 Å². The molecule has 88 valence electrons. The number of carbonyl (C=O) groups is 1. The van der Waals surface area contributed by atoms with Crippen molar-refractivity contribution in [2.75, 3.05) is 25.9 Å². The van der Waals surface area contributed by atoms with E-state index in [-0.39, 0.29) is 19.0 Å². The van der Waals surface area contributed by atoms with Crippen LogP contribution in [0.2, 0.25) is 0 Å². The van der Waals surface area contributed by atoms with E-state index in [1.54, 1.807) is 0 Å². The third-order valence-corrected chi connectivity index (χ3v) is 2.91. The molecule has 0 bridgehead atoms. The summed E-state index contributed by atoms with van der Waals surface area (Å²) in [5.74, 6) is -0.288. The van der Waals surface area contributed by atoms with Crippen LogP contribution in [0.25, 0.3) is 0 Å². The van der Waals surface area contributed by atoms with Crippen molar-refractivity contribution in [1.29, 1.82) is 0 Å². The highest BCUT2D eigenvalue weighted by Gasteiger charge is 2.17. The summed E-state index contributed by atoms with van der Waals surface area (Å²) >= 11 is 0. The van der Waals surface area contributed by atoms with Gasteiger partial charge in [0.1, 0.15) is 0 Å². The molecular weight excluding hydrogens is 216 g/mol. The van der Waals surface area contributed by atoms with E-state index in [0.29, 0.717) is 6.54 Å². The van der Waals surface area contributed by atoms with Crippen molar-refractivity contribution in [3.63, 3.8) is 0 Å². The summed E-state index contributed by atoms with van der Waals surface area (Å²) in [6, 6.07) is 0. The van der Waals surface area contributed by atoms with Crippen LogP contribution in [0.1, 0.15) is 13.3 Å². The molecule has 0 rings (SSSR count). The van der Waals surface area contributed by atoms with Crippen LogP contribution in [0.5, 0.6) is 0 Å². The van der Waals surface area contributed by atoms with E-state index >= 15 is 0 Å². The Hall–Kier alpha value is -0.880. The molecule has 0 aliphatic carbocycles. The fourth-order valence-electron chi connectivity index (χ4n) is 0.942. The van der Waals surface area contributed by atoms with E-state index in [4.69, 9.17) is 0 Å². The number of rotatable bonds is 7. The minimum absolute atomic E-state index is 0.148. The zero-order valence-corrected chi connectivity index (χ0v) is 10.0. The quantitative estimate of drug-likeness (QED) is 0.629. The number of amides is 1. The van der Waals surface area contributed by atoms with E-state index in [0.717, 1.165) is 17.0 Å². The number of nitrogens with one attached hydrogen (secondary N) is 1. The largest absolute Gasteiger partial charge is 0.355 e. The highest BCUT2D eigenvalue weighted by Crippen LogP contribution is 1.97. The molecule has 0 unspecified atom stereocenters. The van der Waals surface area contributed by atoms with Crippen molar-refractivity contribution < 1.29 is 13.2 Å². The van der Waals surface area contributed by atoms with Crippen molar-refractivity contribution in [2.45, 2.75) is 13.3 Å². The van der Waals surface area contributed by atoms with Gasteiger partial charge in [0, 0.05) is 13.1 Å². The minimum Gasteiger partial charge on any atom is -0.355 e. The van der Waals surface area contributed by atoms with Crippen molar-refractivity contribution in [3.05, 3.63) is 12.7 Å². The van der Waals surface area contributed by atoms with Gasteiger partial charge >= 0.3 is 0 Å². The zero-order chi connectivity index (χ0) is 11.9. The molecule has 0 aromatic heterocycles. The summed E-state index contributed by atoms with van der Waals surface area (Å²) in [5, 5.41) is 2.61. The van der Waals surface area contributed by atoms with Gasteiger partial charge in [0.2, 0.25) is 15.9 Å². The highest BCUT2D eigenvalue weighted by molar-refractivity contribution is 7.88. The third-order valence-electron chi connectivity index (χ3n) is 1.69. The van der Waals surface area contributed by atoms with Crippen LogP contribution < -0.4 is 5.32 Å². The van der Waals surface area contributed by atoms with Crippen LogP contribution in [0.3, 0.4) is 0 Å². The maximum atomic E-state index is 11.3. The Labute approximate surface area is 91.2 Å². The van der Waals surface area contributed by atoms with Crippen LogP contribution in [-0.2, 0) is 14.8 Å². The van der Waals surface area contributed by atoms with Gasteiger partial charge in [-0.05, 0) is 6.42 Å². The molecule has 1 amide bonds. The Morgan fingerprint density at radius 1 is 1.53 bits per heavy atom. The van der Waals surface area contributed by atoms with Gasteiger partial charge < -0.3 is 5.32 Å². The fraction of sp³-hybridized carbons (Fsp3) is 0.667. The number of carbonyl (C=O) groups excluding carboxylic acids is 1. The molecule has 0 aliphatic rings. The molecule has 0 aromatic carbocycles. The lowest BCUT2D eigenvalue weighted by Crippen LogP contribution is -2.40. The van der Waals surface area contributed by atoms with Crippen LogP contribution >= 0.6 is 0 Å². The molecule has 0 radical (unpaired) electrons. The molecule has 0 heterocycles. The summed E-state index contributed by atoms with van der Waals surface area (Å²) in [6.45, 7) is 5.94. The van der Waals surface area contributed by atoms with Crippen LogP contribution in [0.15, 0.2) is 12.7 Å². The Morgan fingerprint density at radius 3 is 2.53 bits per heavy atom. The van der Waals surface area contributed by atoms with Crippen LogP contribution in [-0.4, -0.2) is 44.5 Å². The van der Waals surface area contributed by atoms with E-state index in [2.05, 4.69) is 11.9 Å². The Bertz CT molecular complexity index is 311. The Balaban J connectivity index is 4.29. The predicted octanol–water partition coefficient (Wildman–Crippen LogP) is -0.0398. The summed E-state index contributed by atoms with van der Waals surface area (Å²) < 4.78 is 23.5. The molecule has 0 saturated carbocycles. The Morgan fingerprint density at radius 2 is 2.13 bits per heavy atom. The second-order valence-electron chi connectivity index (χ2n) is 3.19. The lowest BCUT2D eigenvalue weighted by atomic mass is 10.4. The van der Waals surface area contributed by atoms with Gasteiger partial charge in [-0.3, -0.25) is 4.79 Å². The fourth-order valence-corrected chi connectivity index (χ4v) is 1.67. The molecule has 6 heteroatoms. The molecule has 1 N–H and O–H groups in total.